The molecule has 422 valence electrons. The zero-order valence-electron chi connectivity index (χ0n) is 42.8. The molecule has 7 heterocycles. The topological polar surface area (TPSA) is 419 Å². The predicted molar refractivity (Wildman–Crippen MR) is 286 cm³/mol. The van der Waals surface area contributed by atoms with Crippen LogP contribution in [-0.2, 0) is 57.5 Å². The minimum absolute atomic E-state index is 0.0606. The third-order valence-corrected chi connectivity index (χ3v) is 18.2. The van der Waals surface area contributed by atoms with Crippen LogP contribution in [0.2, 0.25) is 0 Å². The number of nitrogens with one attached hydrogen (secondary N) is 3. The molecule has 27 nitrogen and oxygen atoms in total. The maximum Gasteiger partial charge on any atom is 0.352 e. The number of benzene rings is 2. The van der Waals surface area contributed by atoms with Crippen LogP contribution in [0.25, 0.3) is 0 Å². The van der Waals surface area contributed by atoms with E-state index in [0.29, 0.717) is 16.7 Å². The molecule has 31 heteroatoms. The van der Waals surface area contributed by atoms with E-state index in [2.05, 4.69) is 30.9 Å². The molecular weight excluding hydrogens is 1110 g/mol. The van der Waals surface area contributed by atoms with Gasteiger partial charge in [0, 0.05) is 33.1 Å². The van der Waals surface area contributed by atoms with Crippen LogP contribution in [0.5, 0.6) is 5.75 Å². The summed E-state index contributed by atoms with van der Waals surface area (Å²) in [6.45, 7) is 8.09. The van der Waals surface area contributed by atoms with Gasteiger partial charge in [0.15, 0.2) is 10.8 Å². The van der Waals surface area contributed by atoms with Crippen molar-refractivity contribution in [2.24, 2.45) is 16.6 Å². The Balaban J connectivity index is 0.000000173. The molecule has 6 aliphatic rings. The molecule has 3 aromatic rings. The number of carboxylic acid groups (broad SMARTS) is 3. The number of fused-ring (bicyclic) bond motifs is 3. The largest absolute Gasteiger partial charge is 0.508 e. The van der Waals surface area contributed by atoms with Crippen molar-refractivity contribution in [3.05, 3.63) is 88.1 Å². The number of nitrogens with zero attached hydrogens (tertiary/aromatic N) is 5. The fraction of sp³-hybridized carbons (Fsp3) is 0.417. The molecule has 0 aliphatic carbocycles. The number of thioether (sulfide) groups is 3. The number of ether oxygens (including phenoxy) is 1. The van der Waals surface area contributed by atoms with Gasteiger partial charge in [-0.2, -0.15) is 0 Å². The first kappa shape index (κ1) is 59.2. The highest BCUT2D eigenvalue weighted by Gasteiger charge is 2.65. The summed E-state index contributed by atoms with van der Waals surface area (Å²) in [6.07, 6.45) is 0. The van der Waals surface area contributed by atoms with Gasteiger partial charge in [0.25, 0.3) is 11.8 Å². The Morgan fingerprint density at radius 3 is 1.70 bits per heavy atom. The number of aromatic hydroxyl groups is 1. The Morgan fingerprint density at radius 1 is 0.759 bits per heavy atom. The second-order valence-electron chi connectivity index (χ2n) is 19.2. The van der Waals surface area contributed by atoms with E-state index in [1.54, 1.807) is 52.0 Å². The number of hydrogen-bond donors (Lipinski definition) is 10. The standard InChI is InChI=1S/C16H17N5O7S2.C16H19N3O5S.C16H19N3O4S/c1-6(22)28-3-7-4-29-14-10(13(24)21(14)11(7)15(25)26)19-12(23)9(20-27-2)8-5-30-16(17)18-8;1-16(2)11(15(23)24)19-13(22)10(14(19)25-16)18-12(21)9(17)7-3-5-8(20)6-4-7;1-16(2)11(15(22)23)19-13(21)10(14(19)24-16)18-12(20)9(17)8-6-4-3-5-7-8/h5,10,14H,3-4H2,1-2H3,(H2,17,18)(H,19,23)(H,25,26);3-6,9-11,14,20H,17H2,1-2H3,(H,18,21)(H,23,24);3-7,9-11,14H,17H2,1-2H3,(H,18,20)(H,22,23)/b20-9+;;/t10-,14-;2*9-,10-,11+,14-/m111/s1. The van der Waals surface area contributed by atoms with E-state index in [4.69, 9.17) is 21.9 Å². The summed E-state index contributed by atoms with van der Waals surface area (Å²) in [6, 6.07) is 8.61. The molecule has 5 fully saturated rings. The van der Waals surface area contributed by atoms with Crippen LogP contribution < -0.4 is 33.2 Å². The summed E-state index contributed by atoms with van der Waals surface area (Å²) in [4.78, 5) is 133. The van der Waals surface area contributed by atoms with Gasteiger partial charge in [0.2, 0.25) is 23.6 Å². The SMILES string of the molecule is CC1(C)S[C@@H]2[C@H](NC(=O)[C@H](N)c3ccc(O)cc3)C(=O)N2[C@H]1C(=O)O.CC1(C)S[C@@H]2[C@H](NC(=O)[C@H](N)c3ccccc3)C(=O)N2[C@H]1C(=O)O.CO/N=C(/C(=O)N[C@@H]1C(=O)N2C(C(=O)O)=C(COC(C)=O)CS[C@H]12)c1csc(N)n1. The highest BCUT2D eigenvalue weighted by atomic mass is 32.2. The summed E-state index contributed by atoms with van der Waals surface area (Å²) in [5.74, 6) is -6.78. The van der Waals surface area contributed by atoms with Crippen molar-refractivity contribution in [2.75, 3.05) is 25.2 Å². The van der Waals surface area contributed by atoms with Gasteiger partial charge in [-0.05, 0) is 51.0 Å². The predicted octanol–water partition coefficient (Wildman–Crippen LogP) is -0.281. The number of amides is 6. The van der Waals surface area contributed by atoms with Gasteiger partial charge in [-0.25, -0.2) is 19.4 Å². The highest BCUT2D eigenvalue weighted by molar-refractivity contribution is 8.02. The van der Waals surface area contributed by atoms with E-state index in [1.165, 1.54) is 88.8 Å². The number of phenolic OH excluding ortho intramolecular Hbond substituents is 1. The number of thiazole rings is 1. The molecule has 0 spiro atoms. The minimum atomic E-state index is -1.32. The lowest BCUT2D eigenvalue weighted by Gasteiger charge is -2.49. The number of esters is 1. The molecule has 9 rings (SSSR count). The zero-order chi connectivity index (χ0) is 58.2. The first-order valence-corrected chi connectivity index (χ1v) is 27.4. The number of carbonyl (C=O) groups is 10. The number of carboxylic acids is 3. The molecule has 0 saturated carbocycles. The van der Waals surface area contributed by atoms with E-state index in [1.807, 2.05) is 6.07 Å². The number of hydrogen-bond acceptors (Lipinski definition) is 22. The second kappa shape index (κ2) is 23.5. The molecule has 0 radical (unpaired) electrons. The highest BCUT2D eigenvalue weighted by Crippen LogP contribution is 2.52. The van der Waals surface area contributed by atoms with E-state index < -0.39 is 116 Å². The Bertz CT molecular complexity index is 3030. The van der Waals surface area contributed by atoms with Gasteiger partial charge in [-0.3, -0.25) is 38.5 Å². The molecule has 6 amide bonds. The molecule has 5 saturated heterocycles. The number of oxime groups is 1. The average Bonchev–Trinajstić information content (AvgIpc) is 4.26. The number of β-lactam (4-membered cyclic amide) rings is 3. The number of nitrogens with two attached hydrogens (primary N) is 3. The maximum atomic E-state index is 12.7. The van der Waals surface area contributed by atoms with E-state index in [0.717, 1.165) is 16.2 Å². The van der Waals surface area contributed by atoms with E-state index >= 15 is 0 Å². The molecular formula is C48H55N11O16S4. The molecule has 10 atom stereocenters. The normalized spacial score (nSPS) is 25.5. The maximum absolute atomic E-state index is 12.7. The van der Waals surface area contributed by atoms with E-state index in [-0.39, 0.29) is 51.6 Å². The lowest BCUT2D eigenvalue weighted by atomic mass is 9.95. The lowest BCUT2D eigenvalue weighted by molar-refractivity contribution is -0.161. The molecule has 2 aromatic carbocycles. The van der Waals surface area contributed by atoms with Crippen molar-refractivity contribution >= 4 is 117 Å². The van der Waals surface area contributed by atoms with Crippen molar-refractivity contribution in [1.82, 2.24) is 35.6 Å². The summed E-state index contributed by atoms with van der Waals surface area (Å²) >= 11 is 5.09. The van der Waals surface area contributed by atoms with Crippen molar-refractivity contribution in [3.8, 4) is 5.75 Å². The first-order chi connectivity index (χ1) is 37.1. The summed E-state index contributed by atoms with van der Waals surface area (Å²) < 4.78 is 3.61. The smallest absolute Gasteiger partial charge is 0.352 e. The van der Waals surface area contributed by atoms with Crippen molar-refractivity contribution in [3.63, 3.8) is 0 Å². The van der Waals surface area contributed by atoms with Gasteiger partial charge in [-0.1, -0.05) is 47.6 Å². The first-order valence-electron chi connectivity index (χ1n) is 23.7. The number of phenols is 1. The Kier molecular flexibility index (Phi) is 17.6. The van der Waals surface area contributed by atoms with Gasteiger partial charge >= 0.3 is 23.9 Å². The average molecular weight is 1170 g/mol. The number of aliphatic carboxylic acids is 3. The van der Waals surface area contributed by atoms with Crippen molar-refractivity contribution in [1.29, 1.82) is 0 Å². The number of carbonyl (C=O) groups excluding carboxylic acids is 7. The summed E-state index contributed by atoms with van der Waals surface area (Å²) in [7, 11) is 1.25. The van der Waals surface area contributed by atoms with Crippen LogP contribution in [0.3, 0.4) is 0 Å². The Morgan fingerprint density at radius 2 is 1.25 bits per heavy atom. The Hall–Kier alpha value is -7.45. The monoisotopic (exact) mass is 1170 g/mol. The minimum Gasteiger partial charge on any atom is -0.508 e. The van der Waals surface area contributed by atoms with Crippen LogP contribution in [0.1, 0.15) is 63.5 Å². The van der Waals surface area contributed by atoms with Crippen molar-refractivity contribution in [2.45, 2.75) is 103 Å². The van der Waals surface area contributed by atoms with Gasteiger partial charge in [0.1, 0.15) is 89.3 Å². The molecule has 79 heavy (non-hydrogen) atoms. The molecule has 0 unspecified atom stereocenters. The number of aromatic nitrogens is 1. The fourth-order valence-corrected chi connectivity index (χ4v) is 14.4. The Labute approximate surface area is 466 Å². The second-order valence-corrected chi connectivity index (χ2v) is 24.8. The quantitative estimate of drug-likeness (QED) is 0.0405. The van der Waals surface area contributed by atoms with Crippen LogP contribution in [0.15, 0.2) is 76.4 Å². The molecule has 0 bridgehead atoms. The zero-order valence-corrected chi connectivity index (χ0v) is 46.0. The molecule has 6 aliphatic heterocycles. The van der Waals surface area contributed by atoms with Gasteiger partial charge in [0.05, 0.1) is 0 Å². The van der Waals surface area contributed by atoms with Crippen LogP contribution in [-0.4, -0.2) is 180 Å². The number of rotatable bonds is 15. The molecule has 1 aromatic heterocycles. The lowest BCUT2D eigenvalue weighted by Crippen LogP contribution is -2.71. The molecule has 13 N–H and O–H groups in total. The third kappa shape index (κ3) is 12.0. The van der Waals surface area contributed by atoms with Crippen molar-refractivity contribution < 1.29 is 77.9 Å². The van der Waals surface area contributed by atoms with Crippen LogP contribution in [0.4, 0.5) is 5.13 Å². The van der Waals surface area contributed by atoms with Gasteiger partial charge in [-0.15, -0.1) is 46.6 Å². The van der Waals surface area contributed by atoms with Gasteiger partial charge < -0.3 is 73.0 Å². The third-order valence-electron chi connectivity index (χ3n) is 13.1. The number of anilines is 1. The summed E-state index contributed by atoms with van der Waals surface area (Å²) in [5, 5.41) is 49.4. The van der Waals surface area contributed by atoms with Crippen LogP contribution in [0, 0.1) is 0 Å². The summed E-state index contributed by atoms with van der Waals surface area (Å²) in [5.41, 5.74) is 18.7. The number of nitrogen functional groups attached to an aromatic ring is 1. The van der Waals surface area contributed by atoms with E-state index in [9.17, 15) is 68.4 Å². The van der Waals surface area contributed by atoms with Crippen LogP contribution >= 0.6 is 46.6 Å². The fourth-order valence-electron chi connectivity index (χ4n) is 9.31.